The number of rotatable bonds is 6. The van der Waals surface area contributed by atoms with Gasteiger partial charge in [0.05, 0.1) is 38.7 Å². The SMILES string of the molecule is COc1ccc(C(=O)NC2CCCN(c3cnnc4cc(OC)c(OC)cc34)C2)cc1. The highest BCUT2D eigenvalue weighted by atomic mass is 16.5. The van der Waals surface area contributed by atoms with Crippen molar-refractivity contribution in [2.45, 2.75) is 18.9 Å². The number of methoxy groups -OCH3 is 3. The molecule has 1 unspecified atom stereocenters. The summed E-state index contributed by atoms with van der Waals surface area (Å²) in [4.78, 5) is 14.9. The molecule has 4 rings (SSSR count). The van der Waals surface area contributed by atoms with Crippen LogP contribution in [0.3, 0.4) is 0 Å². The summed E-state index contributed by atoms with van der Waals surface area (Å²) in [6, 6.07) is 10.9. The number of carbonyl (C=O) groups is 1. The smallest absolute Gasteiger partial charge is 0.251 e. The van der Waals surface area contributed by atoms with E-state index in [1.807, 2.05) is 12.1 Å². The van der Waals surface area contributed by atoms with Crippen LogP contribution in [0.4, 0.5) is 5.69 Å². The topological polar surface area (TPSA) is 85.8 Å². The van der Waals surface area contributed by atoms with Crippen molar-refractivity contribution < 1.29 is 19.0 Å². The minimum Gasteiger partial charge on any atom is -0.497 e. The van der Waals surface area contributed by atoms with Crippen molar-refractivity contribution in [1.82, 2.24) is 15.5 Å². The van der Waals surface area contributed by atoms with Crippen molar-refractivity contribution >= 4 is 22.5 Å². The lowest BCUT2D eigenvalue weighted by Gasteiger charge is -2.35. The fourth-order valence-electron chi connectivity index (χ4n) is 3.95. The zero-order valence-electron chi connectivity index (χ0n) is 17.9. The summed E-state index contributed by atoms with van der Waals surface area (Å²) >= 11 is 0. The lowest BCUT2D eigenvalue weighted by atomic mass is 10.0. The van der Waals surface area contributed by atoms with Gasteiger partial charge in [-0.25, -0.2) is 0 Å². The average molecular weight is 422 g/mol. The van der Waals surface area contributed by atoms with E-state index in [9.17, 15) is 4.79 Å². The highest BCUT2D eigenvalue weighted by Gasteiger charge is 2.24. The molecule has 8 heteroatoms. The van der Waals surface area contributed by atoms with E-state index >= 15 is 0 Å². The van der Waals surface area contributed by atoms with Crippen molar-refractivity contribution in [1.29, 1.82) is 0 Å². The van der Waals surface area contributed by atoms with E-state index < -0.39 is 0 Å². The predicted octanol–water partition coefficient (Wildman–Crippen LogP) is 3.05. The van der Waals surface area contributed by atoms with Gasteiger partial charge in [-0.1, -0.05) is 0 Å². The van der Waals surface area contributed by atoms with Crippen molar-refractivity contribution in [2.24, 2.45) is 0 Å². The molecule has 1 saturated heterocycles. The predicted molar refractivity (Wildman–Crippen MR) is 118 cm³/mol. The molecule has 1 aromatic heterocycles. The zero-order valence-corrected chi connectivity index (χ0v) is 17.9. The van der Waals surface area contributed by atoms with Gasteiger partial charge >= 0.3 is 0 Å². The second-order valence-corrected chi connectivity index (χ2v) is 7.44. The Bertz CT molecular complexity index is 1070. The zero-order chi connectivity index (χ0) is 21.8. The Morgan fingerprint density at radius 2 is 1.81 bits per heavy atom. The summed E-state index contributed by atoms with van der Waals surface area (Å²) in [7, 11) is 4.82. The van der Waals surface area contributed by atoms with Gasteiger partial charge in [-0.15, -0.1) is 0 Å². The van der Waals surface area contributed by atoms with Crippen LogP contribution in [-0.2, 0) is 0 Å². The maximum atomic E-state index is 12.7. The molecular weight excluding hydrogens is 396 g/mol. The Labute approximate surface area is 181 Å². The van der Waals surface area contributed by atoms with Crippen LogP contribution in [0.25, 0.3) is 10.9 Å². The molecule has 8 nitrogen and oxygen atoms in total. The quantitative estimate of drug-likeness (QED) is 0.653. The van der Waals surface area contributed by atoms with Gasteiger partial charge in [-0.3, -0.25) is 4.79 Å². The molecule has 31 heavy (non-hydrogen) atoms. The monoisotopic (exact) mass is 422 g/mol. The lowest BCUT2D eigenvalue weighted by Crippen LogP contribution is -2.48. The summed E-state index contributed by atoms with van der Waals surface area (Å²) < 4.78 is 16.0. The van der Waals surface area contributed by atoms with E-state index in [0.29, 0.717) is 23.6 Å². The van der Waals surface area contributed by atoms with Gasteiger partial charge in [0.2, 0.25) is 0 Å². The van der Waals surface area contributed by atoms with Crippen molar-refractivity contribution in [3.63, 3.8) is 0 Å². The Balaban J connectivity index is 1.54. The molecule has 1 fully saturated rings. The van der Waals surface area contributed by atoms with Crippen LogP contribution in [0.5, 0.6) is 17.2 Å². The van der Waals surface area contributed by atoms with Crippen LogP contribution in [0.2, 0.25) is 0 Å². The van der Waals surface area contributed by atoms with E-state index in [1.165, 1.54) is 0 Å². The Morgan fingerprint density at radius 1 is 1.06 bits per heavy atom. The summed E-state index contributed by atoms with van der Waals surface area (Å²) in [6.07, 6.45) is 3.65. The fourth-order valence-corrected chi connectivity index (χ4v) is 3.95. The third-order valence-electron chi connectivity index (χ3n) is 5.57. The van der Waals surface area contributed by atoms with Gasteiger partial charge < -0.3 is 24.4 Å². The van der Waals surface area contributed by atoms with Crippen molar-refractivity contribution in [3.8, 4) is 17.2 Å². The number of piperidine rings is 1. The number of anilines is 1. The van der Waals surface area contributed by atoms with Gasteiger partial charge in [0.1, 0.15) is 5.75 Å². The summed E-state index contributed by atoms with van der Waals surface area (Å²) in [5, 5.41) is 12.5. The second-order valence-electron chi connectivity index (χ2n) is 7.44. The molecule has 1 amide bonds. The van der Waals surface area contributed by atoms with Crippen LogP contribution in [0.1, 0.15) is 23.2 Å². The van der Waals surface area contributed by atoms with E-state index in [2.05, 4.69) is 20.4 Å². The normalized spacial score (nSPS) is 16.1. The number of carbonyl (C=O) groups excluding carboxylic acids is 1. The molecule has 2 aromatic carbocycles. The minimum atomic E-state index is -0.0846. The number of hydrogen-bond donors (Lipinski definition) is 1. The number of nitrogens with zero attached hydrogens (tertiary/aromatic N) is 3. The Morgan fingerprint density at radius 3 is 2.52 bits per heavy atom. The lowest BCUT2D eigenvalue weighted by molar-refractivity contribution is 0.0933. The number of fused-ring (bicyclic) bond motifs is 1. The van der Waals surface area contributed by atoms with Crippen molar-refractivity contribution in [2.75, 3.05) is 39.3 Å². The Hall–Kier alpha value is -3.55. The average Bonchev–Trinajstić information content (AvgIpc) is 2.82. The summed E-state index contributed by atoms with van der Waals surface area (Å²) in [5.41, 5.74) is 2.32. The molecule has 3 aromatic rings. The van der Waals surface area contributed by atoms with E-state index in [4.69, 9.17) is 14.2 Å². The number of benzene rings is 2. The van der Waals surface area contributed by atoms with Crippen LogP contribution in [0.15, 0.2) is 42.6 Å². The standard InChI is InChI=1S/C23H26N4O4/c1-29-17-8-6-15(7-9-17)23(28)25-16-5-4-10-27(14-16)20-13-24-26-19-12-22(31-3)21(30-2)11-18(19)20/h6-9,11-13,16H,4-5,10,14H2,1-3H3,(H,25,28). The Kier molecular flexibility index (Phi) is 6.06. The molecule has 0 radical (unpaired) electrons. The molecule has 0 saturated carbocycles. The first-order chi connectivity index (χ1) is 15.1. The third-order valence-corrected chi connectivity index (χ3v) is 5.57. The summed E-state index contributed by atoms with van der Waals surface area (Å²) in [5.74, 6) is 1.90. The molecule has 1 aliphatic heterocycles. The first-order valence-corrected chi connectivity index (χ1v) is 10.2. The number of aromatic nitrogens is 2. The van der Waals surface area contributed by atoms with Gasteiger partial charge in [0.15, 0.2) is 11.5 Å². The maximum absolute atomic E-state index is 12.7. The van der Waals surface area contributed by atoms with E-state index in [0.717, 1.165) is 41.7 Å². The van der Waals surface area contributed by atoms with Crippen LogP contribution >= 0.6 is 0 Å². The van der Waals surface area contributed by atoms with Crippen LogP contribution in [-0.4, -0.2) is 56.6 Å². The van der Waals surface area contributed by atoms with Gasteiger partial charge in [0, 0.05) is 36.1 Å². The molecule has 0 bridgehead atoms. The maximum Gasteiger partial charge on any atom is 0.251 e. The summed E-state index contributed by atoms with van der Waals surface area (Å²) in [6.45, 7) is 1.57. The van der Waals surface area contributed by atoms with Gasteiger partial charge in [0.25, 0.3) is 5.91 Å². The molecular formula is C23H26N4O4. The van der Waals surface area contributed by atoms with Gasteiger partial charge in [-0.05, 0) is 43.2 Å². The van der Waals surface area contributed by atoms with E-state index in [-0.39, 0.29) is 11.9 Å². The largest absolute Gasteiger partial charge is 0.497 e. The molecule has 0 spiro atoms. The molecule has 2 heterocycles. The highest BCUT2D eigenvalue weighted by Crippen LogP contribution is 2.36. The number of hydrogen-bond acceptors (Lipinski definition) is 7. The van der Waals surface area contributed by atoms with Gasteiger partial charge in [-0.2, -0.15) is 10.2 Å². The number of ether oxygens (including phenoxy) is 3. The van der Waals surface area contributed by atoms with Crippen molar-refractivity contribution in [3.05, 3.63) is 48.2 Å². The molecule has 1 aliphatic rings. The second kappa shape index (κ2) is 9.07. The molecule has 162 valence electrons. The molecule has 1 atom stereocenters. The van der Waals surface area contributed by atoms with Crippen LogP contribution < -0.4 is 24.4 Å². The fraction of sp³-hybridized carbons (Fsp3) is 0.348. The molecule has 0 aliphatic carbocycles. The van der Waals surface area contributed by atoms with Crippen LogP contribution in [0, 0.1) is 0 Å². The van der Waals surface area contributed by atoms with E-state index in [1.54, 1.807) is 51.8 Å². The highest BCUT2D eigenvalue weighted by molar-refractivity contribution is 5.95. The third kappa shape index (κ3) is 4.33. The first-order valence-electron chi connectivity index (χ1n) is 10.2. The number of amides is 1. The number of nitrogens with one attached hydrogen (secondary N) is 1. The minimum absolute atomic E-state index is 0.0340. The molecule has 1 N–H and O–H groups in total. The first kappa shape index (κ1) is 20.7.